The van der Waals surface area contributed by atoms with Gasteiger partial charge >= 0.3 is 0 Å². The summed E-state index contributed by atoms with van der Waals surface area (Å²) >= 11 is 0. The number of ether oxygens (including phenoxy) is 2. The number of hydrogen-bond acceptors (Lipinski definition) is 2. The first-order valence-corrected chi connectivity index (χ1v) is 4.26. The van der Waals surface area contributed by atoms with Crippen LogP contribution in [-0.4, -0.2) is 32.9 Å². The van der Waals surface area contributed by atoms with Gasteiger partial charge in [0.15, 0.2) is 0 Å². The first-order valence-electron chi connectivity index (χ1n) is 4.26. The molecule has 0 aromatic carbocycles. The van der Waals surface area contributed by atoms with Gasteiger partial charge in [-0.2, -0.15) is 0 Å². The van der Waals surface area contributed by atoms with Crippen molar-refractivity contribution >= 4 is 0 Å². The lowest BCUT2D eigenvalue weighted by Crippen LogP contribution is -2.40. The summed E-state index contributed by atoms with van der Waals surface area (Å²) in [5.74, 6) is 0. The summed E-state index contributed by atoms with van der Waals surface area (Å²) in [5.41, 5.74) is -1.22. The van der Waals surface area contributed by atoms with Gasteiger partial charge < -0.3 is 9.47 Å². The summed E-state index contributed by atoms with van der Waals surface area (Å²) in [6.45, 7) is -0.169. The predicted molar refractivity (Wildman–Crippen MR) is 40.4 cm³/mol. The molecule has 0 spiro atoms. The minimum Gasteiger partial charge on any atom is -0.355 e. The predicted octanol–water partition coefficient (Wildman–Crippen LogP) is 2.29. The van der Waals surface area contributed by atoms with Gasteiger partial charge in [-0.15, -0.1) is 0 Å². The average molecular weight is 216 g/mol. The standard InChI is InChI=1S/C8H12F4O2/c9-6(10)1-8(2-7(11)12)3-13-5-14-4-8/h6-7H,1-5H2. The van der Waals surface area contributed by atoms with Crippen molar-refractivity contribution in [3.63, 3.8) is 0 Å². The topological polar surface area (TPSA) is 18.5 Å². The fourth-order valence-electron chi connectivity index (χ4n) is 1.59. The molecule has 1 fully saturated rings. The Morgan fingerprint density at radius 2 is 1.36 bits per heavy atom. The molecule has 0 radical (unpaired) electrons. The highest BCUT2D eigenvalue weighted by atomic mass is 19.3. The van der Waals surface area contributed by atoms with Crippen LogP contribution in [0.2, 0.25) is 0 Å². The third kappa shape index (κ3) is 3.42. The molecule has 1 rings (SSSR count). The van der Waals surface area contributed by atoms with E-state index < -0.39 is 31.1 Å². The van der Waals surface area contributed by atoms with E-state index >= 15 is 0 Å². The molecule has 0 atom stereocenters. The van der Waals surface area contributed by atoms with Crippen molar-refractivity contribution in [3.8, 4) is 0 Å². The van der Waals surface area contributed by atoms with Crippen LogP contribution in [-0.2, 0) is 9.47 Å². The lowest BCUT2D eigenvalue weighted by Gasteiger charge is -2.36. The average Bonchev–Trinajstić information content (AvgIpc) is 2.01. The van der Waals surface area contributed by atoms with Gasteiger partial charge in [0.1, 0.15) is 6.79 Å². The lowest BCUT2D eigenvalue weighted by atomic mass is 9.82. The van der Waals surface area contributed by atoms with E-state index in [-0.39, 0.29) is 20.0 Å². The van der Waals surface area contributed by atoms with Crippen LogP contribution in [0.4, 0.5) is 17.6 Å². The minimum atomic E-state index is -2.61. The van der Waals surface area contributed by atoms with Crippen LogP contribution >= 0.6 is 0 Å². The Morgan fingerprint density at radius 3 is 1.71 bits per heavy atom. The molecule has 84 valence electrons. The highest BCUT2D eigenvalue weighted by Gasteiger charge is 2.39. The minimum absolute atomic E-state index is 0.00573. The van der Waals surface area contributed by atoms with E-state index in [1.807, 2.05) is 0 Å². The molecule has 1 heterocycles. The van der Waals surface area contributed by atoms with Crippen LogP contribution in [0.3, 0.4) is 0 Å². The Labute approximate surface area is 79.2 Å². The van der Waals surface area contributed by atoms with Crippen molar-refractivity contribution in [1.29, 1.82) is 0 Å². The second kappa shape index (κ2) is 4.93. The number of rotatable bonds is 4. The maximum absolute atomic E-state index is 12.2. The molecule has 0 bridgehead atoms. The van der Waals surface area contributed by atoms with E-state index in [2.05, 4.69) is 0 Å². The second-order valence-corrected chi connectivity index (χ2v) is 3.51. The number of halogens is 4. The van der Waals surface area contributed by atoms with Crippen molar-refractivity contribution in [2.24, 2.45) is 5.41 Å². The molecule has 1 aliphatic heterocycles. The van der Waals surface area contributed by atoms with Gasteiger partial charge in [0, 0.05) is 18.3 Å². The van der Waals surface area contributed by atoms with Gasteiger partial charge in [0.2, 0.25) is 12.9 Å². The van der Waals surface area contributed by atoms with Crippen LogP contribution < -0.4 is 0 Å². The Morgan fingerprint density at radius 1 is 0.929 bits per heavy atom. The third-order valence-corrected chi connectivity index (χ3v) is 2.16. The van der Waals surface area contributed by atoms with Crippen LogP contribution in [0.5, 0.6) is 0 Å². The summed E-state index contributed by atoms with van der Waals surface area (Å²) in [5, 5.41) is 0. The molecule has 0 saturated carbocycles. The van der Waals surface area contributed by atoms with E-state index in [4.69, 9.17) is 9.47 Å². The van der Waals surface area contributed by atoms with Crippen LogP contribution in [0.1, 0.15) is 12.8 Å². The summed E-state index contributed by atoms with van der Waals surface area (Å²) in [6, 6.07) is 0. The van der Waals surface area contributed by atoms with E-state index in [1.165, 1.54) is 0 Å². The van der Waals surface area contributed by atoms with Crippen molar-refractivity contribution in [2.75, 3.05) is 20.0 Å². The molecule has 0 aromatic rings. The maximum atomic E-state index is 12.2. The molecule has 0 aliphatic carbocycles. The monoisotopic (exact) mass is 216 g/mol. The van der Waals surface area contributed by atoms with Gasteiger partial charge in [-0.05, 0) is 0 Å². The third-order valence-electron chi connectivity index (χ3n) is 2.16. The Kier molecular flexibility index (Phi) is 4.12. The van der Waals surface area contributed by atoms with E-state index in [0.717, 1.165) is 0 Å². The fourth-order valence-corrected chi connectivity index (χ4v) is 1.59. The molecule has 1 aliphatic rings. The molecular weight excluding hydrogens is 204 g/mol. The Balaban J connectivity index is 2.57. The highest BCUT2D eigenvalue weighted by molar-refractivity contribution is 4.82. The van der Waals surface area contributed by atoms with Gasteiger partial charge in [-0.1, -0.05) is 0 Å². The summed E-state index contributed by atoms with van der Waals surface area (Å²) in [7, 11) is 0. The second-order valence-electron chi connectivity index (χ2n) is 3.51. The zero-order valence-corrected chi connectivity index (χ0v) is 7.52. The molecule has 0 N–H and O–H groups in total. The van der Waals surface area contributed by atoms with E-state index in [9.17, 15) is 17.6 Å². The summed E-state index contributed by atoms with van der Waals surface area (Å²) in [6.07, 6.45) is -6.42. The van der Waals surface area contributed by atoms with Crippen LogP contribution in [0.15, 0.2) is 0 Å². The Hall–Kier alpha value is -0.360. The Bertz CT molecular complexity index is 157. The van der Waals surface area contributed by atoms with Crippen molar-refractivity contribution in [2.45, 2.75) is 25.7 Å². The van der Waals surface area contributed by atoms with E-state index in [0.29, 0.717) is 0 Å². The largest absolute Gasteiger partial charge is 0.355 e. The normalized spacial score (nSPS) is 21.9. The van der Waals surface area contributed by atoms with Crippen molar-refractivity contribution in [3.05, 3.63) is 0 Å². The number of hydrogen-bond donors (Lipinski definition) is 0. The molecular formula is C8H12F4O2. The van der Waals surface area contributed by atoms with Gasteiger partial charge in [-0.25, -0.2) is 17.6 Å². The maximum Gasteiger partial charge on any atom is 0.239 e. The van der Waals surface area contributed by atoms with Gasteiger partial charge in [0.05, 0.1) is 13.2 Å². The van der Waals surface area contributed by atoms with Gasteiger partial charge in [0.25, 0.3) is 0 Å². The first kappa shape index (κ1) is 11.7. The molecule has 6 heteroatoms. The highest BCUT2D eigenvalue weighted by Crippen LogP contribution is 2.35. The summed E-state index contributed by atoms with van der Waals surface area (Å²) < 4.78 is 58.2. The van der Waals surface area contributed by atoms with Crippen LogP contribution in [0, 0.1) is 5.41 Å². The zero-order valence-electron chi connectivity index (χ0n) is 7.52. The molecule has 0 amide bonds. The zero-order chi connectivity index (χ0) is 10.6. The lowest BCUT2D eigenvalue weighted by molar-refractivity contribution is -0.186. The van der Waals surface area contributed by atoms with Gasteiger partial charge in [-0.3, -0.25) is 0 Å². The first-order chi connectivity index (χ1) is 6.54. The molecule has 2 nitrogen and oxygen atoms in total. The van der Waals surface area contributed by atoms with Crippen molar-refractivity contribution < 1.29 is 27.0 Å². The summed E-state index contributed by atoms with van der Waals surface area (Å²) in [4.78, 5) is 0. The molecule has 1 saturated heterocycles. The smallest absolute Gasteiger partial charge is 0.239 e. The van der Waals surface area contributed by atoms with Crippen LogP contribution in [0.25, 0.3) is 0 Å². The quantitative estimate of drug-likeness (QED) is 0.671. The SMILES string of the molecule is FC(F)CC1(CC(F)F)COCOC1. The number of alkyl halides is 4. The molecule has 0 unspecified atom stereocenters. The molecule has 14 heavy (non-hydrogen) atoms. The van der Waals surface area contributed by atoms with E-state index in [1.54, 1.807) is 0 Å². The fraction of sp³-hybridized carbons (Fsp3) is 1.00. The van der Waals surface area contributed by atoms with Crippen molar-refractivity contribution in [1.82, 2.24) is 0 Å². The molecule has 0 aromatic heterocycles.